The first-order valence-corrected chi connectivity index (χ1v) is 5.87. The maximum absolute atomic E-state index is 12.7. The van der Waals surface area contributed by atoms with Crippen LogP contribution in [0.25, 0.3) is 5.82 Å². The molecule has 0 amide bonds. The smallest absolute Gasteiger partial charge is 0.295 e. The molecule has 0 bridgehead atoms. The topological polar surface area (TPSA) is 56.9 Å². The predicted octanol–water partition coefficient (Wildman–Crippen LogP) is 1.49. The Bertz CT molecular complexity index is 778. The van der Waals surface area contributed by atoms with Crippen LogP contribution in [-0.2, 0) is 7.05 Å². The molecule has 0 aliphatic carbocycles. The van der Waals surface area contributed by atoms with Crippen LogP contribution >= 0.6 is 0 Å². The maximum Gasteiger partial charge on any atom is 0.337 e. The van der Waals surface area contributed by atoms with E-state index in [1.165, 1.54) is 13.2 Å². The molecule has 0 aliphatic heterocycles. The fraction of sp³-hybridized carbons (Fsp3) is 0.308. The molecular formula is C13H13F2N3O2. The number of halogens is 2. The highest BCUT2D eigenvalue weighted by molar-refractivity contribution is 5.35. The molecular weight excluding hydrogens is 268 g/mol. The van der Waals surface area contributed by atoms with E-state index in [4.69, 9.17) is 0 Å². The lowest BCUT2D eigenvalue weighted by Crippen LogP contribution is -2.39. The van der Waals surface area contributed by atoms with Crippen molar-refractivity contribution in [3.8, 4) is 5.82 Å². The van der Waals surface area contributed by atoms with E-state index >= 15 is 0 Å². The van der Waals surface area contributed by atoms with Gasteiger partial charge in [-0.25, -0.2) is 23.1 Å². The number of hydrogen-bond acceptors (Lipinski definition) is 3. The van der Waals surface area contributed by atoms with Crippen LogP contribution in [0.2, 0.25) is 0 Å². The fourth-order valence-corrected chi connectivity index (χ4v) is 1.99. The molecule has 0 aromatic carbocycles. The van der Waals surface area contributed by atoms with Gasteiger partial charge in [0.1, 0.15) is 5.82 Å². The maximum atomic E-state index is 12.7. The van der Waals surface area contributed by atoms with Crippen molar-refractivity contribution in [1.29, 1.82) is 0 Å². The van der Waals surface area contributed by atoms with Crippen LogP contribution in [0.15, 0.2) is 27.9 Å². The minimum absolute atomic E-state index is 0.155. The number of nitrogens with zero attached hydrogens (tertiary/aromatic N) is 3. The Morgan fingerprint density at radius 2 is 1.85 bits per heavy atom. The van der Waals surface area contributed by atoms with Gasteiger partial charge in [0.05, 0.1) is 5.69 Å². The summed E-state index contributed by atoms with van der Waals surface area (Å²) in [7, 11) is 1.20. The van der Waals surface area contributed by atoms with Gasteiger partial charge in [-0.15, -0.1) is 0 Å². The fourth-order valence-electron chi connectivity index (χ4n) is 1.99. The molecule has 0 unspecified atom stereocenters. The standard InChI is InChI=1S/C13H13F2N3O2/c1-7-4-8(2)12(16-6-7)18-10(19)5-9(11(14)15)17(3)13(18)20/h4-6,11H,1-3H3. The Morgan fingerprint density at radius 1 is 1.20 bits per heavy atom. The van der Waals surface area contributed by atoms with Gasteiger partial charge in [0.25, 0.3) is 12.0 Å². The van der Waals surface area contributed by atoms with Gasteiger partial charge in [0.2, 0.25) is 0 Å². The van der Waals surface area contributed by atoms with Crippen LogP contribution in [0.1, 0.15) is 23.2 Å². The summed E-state index contributed by atoms with van der Waals surface area (Å²) < 4.78 is 27.0. The molecule has 0 atom stereocenters. The quantitative estimate of drug-likeness (QED) is 0.838. The molecule has 0 saturated carbocycles. The van der Waals surface area contributed by atoms with E-state index in [-0.39, 0.29) is 5.82 Å². The second-order valence-corrected chi connectivity index (χ2v) is 4.54. The molecule has 2 heterocycles. The van der Waals surface area contributed by atoms with Crippen molar-refractivity contribution >= 4 is 0 Å². The van der Waals surface area contributed by atoms with Crippen LogP contribution in [0, 0.1) is 13.8 Å². The van der Waals surface area contributed by atoms with Crippen LogP contribution in [0.4, 0.5) is 8.78 Å². The first kappa shape index (κ1) is 14.1. The summed E-state index contributed by atoms with van der Waals surface area (Å²) in [5.74, 6) is 0.155. The molecule has 0 saturated heterocycles. The van der Waals surface area contributed by atoms with Crippen LogP contribution in [0.5, 0.6) is 0 Å². The third-order valence-corrected chi connectivity index (χ3v) is 2.98. The Morgan fingerprint density at radius 3 is 2.40 bits per heavy atom. The van der Waals surface area contributed by atoms with Crippen LogP contribution in [-0.4, -0.2) is 14.1 Å². The van der Waals surface area contributed by atoms with Crippen molar-refractivity contribution in [3.05, 3.63) is 56.0 Å². The van der Waals surface area contributed by atoms with Crippen molar-refractivity contribution in [2.24, 2.45) is 7.05 Å². The normalized spacial score (nSPS) is 11.1. The summed E-state index contributed by atoms with van der Waals surface area (Å²) in [6.07, 6.45) is -1.38. The van der Waals surface area contributed by atoms with E-state index in [0.717, 1.165) is 20.8 Å². The van der Waals surface area contributed by atoms with Crippen molar-refractivity contribution < 1.29 is 8.78 Å². The number of rotatable bonds is 2. The van der Waals surface area contributed by atoms with E-state index < -0.39 is 23.4 Å². The van der Waals surface area contributed by atoms with Crippen LogP contribution < -0.4 is 11.2 Å². The highest BCUT2D eigenvalue weighted by Crippen LogP contribution is 2.15. The molecule has 20 heavy (non-hydrogen) atoms. The molecule has 2 rings (SSSR count). The van der Waals surface area contributed by atoms with Crippen LogP contribution in [0.3, 0.4) is 0 Å². The summed E-state index contributed by atoms with van der Waals surface area (Å²) in [6, 6.07) is 2.52. The lowest BCUT2D eigenvalue weighted by Gasteiger charge is -2.12. The van der Waals surface area contributed by atoms with E-state index in [9.17, 15) is 18.4 Å². The van der Waals surface area contributed by atoms with Crippen molar-refractivity contribution in [2.75, 3.05) is 0 Å². The van der Waals surface area contributed by atoms with Gasteiger partial charge in [-0.05, 0) is 25.0 Å². The van der Waals surface area contributed by atoms with E-state index in [1.54, 1.807) is 13.0 Å². The summed E-state index contributed by atoms with van der Waals surface area (Å²) in [5.41, 5.74) is -0.773. The van der Waals surface area contributed by atoms with E-state index in [2.05, 4.69) is 4.98 Å². The van der Waals surface area contributed by atoms with E-state index in [0.29, 0.717) is 5.56 Å². The van der Waals surface area contributed by atoms with Gasteiger partial charge in [-0.1, -0.05) is 6.07 Å². The van der Waals surface area contributed by atoms with Gasteiger partial charge < -0.3 is 0 Å². The molecule has 5 nitrogen and oxygen atoms in total. The third kappa shape index (κ3) is 2.26. The second-order valence-electron chi connectivity index (χ2n) is 4.54. The number of aromatic nitrogens is 3. The number of aryl methyl sites for hydroxylation is 2. The third-order valence-electron chi connectivity index (χ3n) is 2.98. The highest BCUT2D eigenvalue weighted by atomic mass is 19.3. The zero-order chi connectivity index (χ0) is 15.0. The summed E-state index contributed by atoms with van der Waals surface area (Å²) >= 11 is 0. The lowest BCUT2D eigenvalue weighted by molar-refractivity contribution is 0.140. The van der Waals surface area contributed by atoms with Crippen molar-refractivity contribution in [1.82, 2.24) is 14.1 Å². The highest BCUT2D eigenvalue weighted by Gasteiger charge is 2.18. The van der Waals surface area contributed by atoms with Gasteiger partial charge in [-0.3, -0.25) is 9.36 Å². The Kier molecular flexibility index (Phi) is 3.52. The van der Waals surface area contributed by atoms with E-state index in [1.807, 2.05) is 6.92 Å². The largest absolute Gasteiger partial charge is 0.337 e. The Balaban J connectivity index is 2.80. The van der Waals surface area contributed by atoms with Gasteiger partial charge in [0.15, 0.2) is 0 Å². The Hall–Kier alpha value is -2.31. The number of pyridine rings is 1. The second kappa shape index (κ2) is 4.99. The zero-order valence-corrected chi connectivity index (χ0v) is 11.2. The molecule has 0 aliphatic rings. The molecule has 2 aromatic rings. The number of hydrogen-bond donors (Lipinski definition) is 0. The van der Waals surface area contributed by atoms with Gasteiger partial charge in [0, 0.05) is 19.3 Å². The molecule has 0 spiro atoms. The zero-order valence-electron chi connectivity index (χ0n) is 11.2. The molecule has 2 aromatic heterocycles. The summed E-state index contributed by atoms with van der Waals surface area (Å²) in [6.45, 7) is 3.52. The monoisotopic (exact) mass is 281 g/mol. The molecule has 7 heteroatoms. The average Bonchev–Trinajstić information content (AvgIpc) is 2.36. The summed E-state index contributed by atoms with van der Waals surface area (Å²) in [5, 5.41) is 0. The predicted molar refractivity (Wildman–Crippen MR) is 69.5 cm³/mol. The lowest BCUT2D eigenvalue weighted by atomic mass is 10.2. The summed E-state index contributed by atoms with van der Waals surface area (Å²) in [4.78, 5) is 28.1. The first-order valence-electron chi connectivity index (χ1n) is 5.87. The SMILES string of the molecule is Cc1cnc(-n2c(=O)cc(C(F)F)n(C)c2=O)c(C)c1. The first-order chi connectivity index (χ1) is 9.32. The number of alkyl halides is 2. The molecule has 0 radical (unpaired) electrons. The van der Waals surface area contributed by atoms with Gasteiger partial charge >= 0.3 is 5.69 Å². The molecule has 0 fully saturated rings. The minimum Gasteiger partial charge on any atom is -0.295 e. The Labute approximate surface area is 113 Å². The molecule has 0 N–H and O–H groups in total. The van der Waals surface area contributed by atoms with Crippen molar-refractivity contribution in [3.63, 3.8) is 0 Å². The minimum atomic E-state index is -2.89. The average molecular weight is 281 g/mol. The van der Waals surface area contributed by atoms with Crippen molar-refractivity contribution in [2.45, 2.75) is 20.3 Å². The van der Waals surface area contributed by atoms with Gasteiger partial charge in [-0.2, -0.15) is 0 Å². The molecule has 106 valence electrons.